The Morgan fingerprint density at radius 3 is 2.69 bits per heavy atom. The molecule has 1 aliphatic carbocycles. The van der Waals surface area contributed by atoms with Crippen molar-refractivity contribution in [2.45, 2.75) is 63.1 Å². The van der Waals surface area contributed by atoms with Crippen LogP contribution in [0.4, 0.5) is 0 Å². The number of nitrogens with zero attached hydrogens (tertiary/aromatic N) is 4. The molecular formula is C21H29N5O3. The Morgan fingerprint density at radius 2 is 1.93 bits per heavy atom. The van der Waals surface area contributed by atoms with E-state index in [-0.39, 0.29) is 24.0 Å². The largest absolute Gasteiger partial charge is 0.469 e. The molecule has 2 aromatic rings. The molecule has 1 amide bonds. The number of esters is 1. The monoisotopic (exact) mass is 399 g/mol. The lowest BCUT2D eigenvalue weighted by Gasteiger charge is -2.25. The van der Waals surface area contributed by atoms with Gasteiger partial charge < -0.3 is 14.6 Å². The van der Waals surface area contributed by atoms with Crippen molar-refractivity contribution in [3.63, 3.8) is 0 Å². The molecule has 3 heterocycles. The quantitative estimate of drug-likeness (QED) is 0.750. The second-order valence-corrected chi connectivity index (χ2v) is 8.20. The van der Waals surface area contributed by atoms with Gasteiger partial charge in [-0.1, -0.05) is 12.8 Å². The SMILES string of the molecule is COC(=O)C[C@H]1CC[C@@H](CNC(=O)c2cnc3c(c2)ncn3C2CCCC2)N1C. The van der Waals surface area contributed by atoms with Crippen LogP contribution >= 0.6 is 0 Å². The fourth-order valence-electron chi connectivity index (χ4n) is 4.66. The minimum atomic E-state index is -0.192. The minimum Gasteiger partial charge on any atom is -0.469 e. The van der Waals surface area contributed by atoms with Crippen LogP contribution in [0.25, 0.3) is 11.2 Å². The lowest BCUT2D eigenvalue weighted by atomic mass is 10.1. The molecule has 1 saturated heterocycles. The van der Waals surface area contributed by atoms with Gasteiger partial charge in [-0.3, -0.25) is 14.5 Å². The third kappa shape index (κ3) is 4.12. The molecule has 2 aromatic heterocycles. The molecule has 0 aromatic carbocycles. The van der Waals surface area contributed by atoms with Crippen molar-refractivity contribution >= 4 is 23.0 Å². The molecular weight excluding hydrogens is 370 g/mol. The summed E-state index contributed by atoms with van der Waals surface area (Å²) in [4.78, 5) is 35.3. The predicted octanol–water partition coefficient (Wildman–Crippen LogP) is 2.30. The maximum absolute atomic E-state index is 12.6. The molecule has 29 heavy (non-hydrogen) atoms. The number of methoxy groups -OCH3 is 1. The number of nitrogens with one attached hydrogen (secondary N) is 1. The summed E-state index contributed by atoms with van der Waals surface area (Å²) >= 11 is 0. The van der Waals surface area contributed by atoms with E-state index < -0.39 is 0 Å². The van der Waals surface area contributed by atoms with Crippen LogP contribution in [0.3, 0.4) is 0 Å². The van der Waals surface area contributed by atoms with Crippen LogP contribution in [0.5, 0.6) is 0 Å². The third-order valence-corrected chi connectivity index (χ3v) is 6.51. The van der Waals surface area contributed by atoms with Gasteiger partial charge in [-0.25, -0.2) is 9.97 Å². The summed E-state index contributed by atoms with van der Waals surface area (Å²) in [5.74, 6) is -0.331. The molecule has 0 spiro atoms. The van der Waals surface area contributed by atoms with E-state index in [4.69, 9.17) is 4.74 Å². The Balaban J connectivity index is 1.36. The van der Waals surface area contributed by atoms with E-state index in [2.05, 4.69) is 24.8 Å². The maximum Gasteiger partial charge on any atom is 0.307 e. The van der Waals surface area contributed by atoms with Crippen LogP contribution < -0.4 is 5.32 Å². The molecule has 8 heteroatoms. The second kappa shape index (κ2) is 8.49. The fourth-order valence-corrected chi connectivity index (χ4v) is 4.66. The first-order valence-corrected chi connectivity index (χ1v) is 10.5. The second-order valence-electron chi connectivity index (χ2n) is 8.20. The van der Waals surface area contributed by atoms with E-state index in [0.29, 0.717) is 24.6 Å². The predicted molar refractivity (Wildman–Crippen MR) is 109 cm³/mol. The summed E-state index contributed by atoms with van der Waals surface area (Å²) in [6, 6.07) is 2.68. The smallest absolute Gasteiger partial charge is 0.307 e. The van der Waals surface area contributed by atoms with Gasteiger partial charge in [0.2, 0.25) is 0 Å². The van der Waals surface area contributed by atoms with Crippen LogP contribution in [-0.2, 0) is 9.53 Å². The summed E-state index contributed by atoms with van der Waals surface area (Å²) in [7, 11) is 3.41. The number of aromatic nitrogens is 3. The fraction of sp³-hybridized carbons (Fsp3) is 0.619. The molecule has 2 atom stereocenters. The molecule has 156 valence electrons. The average Bonchev–Trinajstić information content (AvgIpc) is 3.46. The highest BCUT2D eigenvalue weighted by Gasteiger charge is 2.32. The van der Waals surface area contributed by atoms with Gasteiger partial charge in [0.05, 0.1) is 25.4 Å². The van der Waals surface area contributed by atoms with Crippen LogP contribution in [-0.4, -0.2) is 64.1 Å². The Labute approximate surface area is 170 Å². The van der Waals surface area contributed by atoms with Crippen molar-refractivity contribution < 1.29 is 14.3 Å². The highest BCUT2D eigenvalue weighted by atomic mass is 16.5. The summed E-state index contributed by atoms with van der Waals surface area (Å²) < 4.78 is 6.92. The van der Waals surface area contributed by atoms with Crippen LogP contribution in [0.1, 0.15) is 61.3 Å². The summed E-state index contributed by atoms with van der Waals surface area (Å²) in [6.45, 7) is 0.543. The summed E-state index contributed by atoms with van der Waals surface area (Å²) in [5.41, 5.74) is 2.15. The van der Waals surface area contributed by atoms with Gasteiger partial charge >= 0.3 is 5.97 Å². The van der Waals surface area contributed by atoms with Gasteiger partial charge in [-0.15, -0.1) is 0 Å². The van der Waals surface area contributed by atoms with Crippen LogP contribution in [0, 0.1) is 0 Å². The number of amides is 1. The number of carbonyl (C=O) groups excluding carboxylic acids is 2. The number of carbonyl (C=O) groups is 2. The van der Waals surface area contributed by atoms with Gasteiger partial charge in [-0.2, -0.15) is 0 Å². The number of hydrogen-bond donors (Lipinski definition) is 1. The molecule has 0 unspecified atom stereocenters. The summed E-state index contributed by atoms with van der Waals surface area (Å²) in [5, 5.41) is 3.01. The van der Waals surface area contributed by atoms with Crippen LogP contribution in [0.15, 0.2) is 18.6 Å². The van der Waals surface area contributed by atoms with E-state index in [1.165, 1.54) is 32.8 Å². The number of rotatable bonds is 6. The lowest BCUT2D eigenvalue weighted by molar-refractivity contribution is -0.141. The van der Waals surface area contributed by atoms with Crippen LogP contribution in [0.2, 0.25) is 0 Å². The number of likely N-dealkylation sites (N-methyl/N-ethyl adjacent to an activating group) is 1. The number of fused-ring (bicyclic) bond motifs is 1. The Kier molecular flexibility index (Phi) is 5.80. The van der Waals surface area contributed by atoms with Crippen molar-refractivity contribution in [2.75, 3.05) is 20.7 Å². The normalized spacial score (nSPS) is 23.0. The van der Waals surface area contributed by atoms with Crippen molar-refractivity contribution in [1.29, 1.82) is 0 Å². The first-order valence-electron chi connectivity index (χ1n) is 10.5. The van der Waals surface area contributed by atoms with Crippen molar-refractivity contribution in [3.05, 3.63) is 24.2 Å². The van der Waals surface area contributed by atoms with E-state index in [9.17, 15) is 9.59 Å². The molecule has 8 nitrogen and oxygen atoms in total. The molecule has 1 N–H and O–H groups in total. The maximum atomic E-state index is 12.6. The molecule has 2 fully saturated rings. The zero-order valence-electron chi connectivity index (χ0n) is 17.1. The van der Waals surface area contributed by atoms with Gasteiger partial charge in [0.1, 0.15) is 5.52 Å². The van der Waals surface area contributed by atoms with E-state index in [1.807, 2.05) is 19.4 Å². The highest BCUT2D eigenvalue weighted by Crippen LogP contribution is 2.31. The van der Waals surface area contributed by atoms with E-state index in [1.54, 1.807) is 6.20 Å². The summed E-state index contributed by atoms with van der Waals surface area (Å²) in [6.07, 6.45) is 10.6. The zero-order valence-corrected chi connectivity index (χ0v) is 17.1. The lowest BCUT2D eigenvalue weighted by Crippen LogP contribution is -2.41. The molecule has 1 aliphatic heterocycles. The Morgan fingerprint density at radius 1 is 1.17 bits per heavy atom. The number of ether oxygens (including phenoxy) is 1. The third-order valence-electron chi connectivity index (χ3n) is 6.51. The standard InChI is InChI=1S/C21H29N5O3/c1-25-16(10-19(27)29-2)7-8-17(25)12-23-21(28)14-9-18-20(22-11-14)26(13-24-18)15-5-3-4-6-15/h9,11,13,15-17H,3-8,10,12H2,1-2H3,(H,23,28)/t16-,17+/m1/s1. The molecule has 2 aliphatic rings. The van der Waals surface area contributed by atoms with Gasteiger partial charge in [0.15, 0.2) is 5.65 Å². The highest BCUT2D eigenvalue weighted by molar-refractivity contribution is 5.96. The number of likely N-dealkylation sites (tertiary alicyclic amines) is 1. The molecule has 4 rings (SSSR count). The Bertz CT molecular complexity index is 890. The van der Waals surface area contributed by atoms with Crippen molar-refractivity contribution in [3.8, 4) is 0 Å². The first kappa shape index (κ1) is 19.8. The Hall–Kier alpha value is -2.48. The van der Waals surface area contributed by atoms with Gasteiger partial charge in [-0.05, 0) is 38.8 Å². The minimum absolute atomic E-state index is 0.139. The molecule has 1 saturated carbocycles. The zero-order chi connectivity index (χ0) is 20.4. The number of pyridine rings is 1. The molecule has 0 radical (unpaired) electrons. The van der Waals surface area contributed by atoms with Crippen molar-refractivity contribution in [1.82, 2.24) is 24.8 Å². The number of hydrogen-bond acceptors (Lipinski definition) is 6. The van der Waals surface area contributed by atoms with Gasteiger partial charge in [0, 0.05) is 30.9 Å². The van der Waals surface area contributed by atoms with E-state index in [0.717, 1.165) is 24.0 Å². The van der Waals surface area contributed by atoms with Crippen molar-refractivity contribution in [2.24, 2.45) is 0 Å². The number of imidazole rings is 1. The topological polar surface area (TPSA) is 89.3 Å². The van der Waals surface area contributed by atoms with Gasteiger partial charge in [0.25, 0.3) is 5.91 Å². The van der Waals surface area contributed by atoms with E-state index >= 15 is 0 Å². The first-order chi connectivity index (χ1) is 14.1. The average molecular weight is 399 g/mol. The molecule has 0 bridgehead atoms.